The molecule has 1 aliphatic heterocycles. The number of amides is 1. The fourth-order valence-corrected chi connectivity index (χ4v) is 1.75. The number of benzene rings is 1. The lowest BCUT2D eigenvalue weighted by molar-refractivity contribution is -0.253. The molecule has 118 valence electrons. The minimum atomic E-state index is -4.53. The molecule has 0 aliphatic carbocycles. The minimum Gasteiger partial charge on any atom is -0.449 e. The van der Waals surface area contributed by atoms with Gasteiger partial charge in [0.15, 0.2) is 0 Å². The Hall–Kier alpha value is -1.70. The lowest BCUT2D eigenvalue weighted by atomic mass is 10.0. The highest BCUT2D eigenvalue weighted by molar-refractivity contribution is 5.85. The van der Waals surface area contributed by atoms with Crippen LogP contribution in [0.25, 0.3) is 0 Å². The highest BCUT2D eigenvalue weighted by Gasteiger charge is 2.43. The third-order valence-electron chi connectivity index (χ3n) is 2.72. The van der Waals surface area contributed by atoms with Crippen LogP contribution in [0.1, 0.15) is 18.0 Å². The fourth-order valence-electron chi connectivity index (χ4n) is 1.75. The average Bonchev–Trinajstić information content (AvgIpc) is 2.39. The Labute approximate surface area is 123 Å². The first-order chi connectivity index (χ1) is 9.38. The Morgan fingerprint density at radius 1 is 1.29 bits per heavy atom. The van der Waals surface area contributed by atoms with E-state index >= 15 is 0 Å². The van der Waals surface area contributed by atoms with Gasteiger partial charge in [-0.3, -0.25) is 0 Å². The molecule has 1 amide bonds. The van der Waals surface area contributed by atoms with Crippen molar-refractivity contribution in [1.82, 2.24) is 5.32 Å². The molecule has 1 aromatic carbocycles. The summed E-state index contributed by atoms with van der Waals surface area (Å²) in [6, 6.07) is 4.83. The maximum atomic E-state index is 12.7. The van der Waals surface area contributed by atoms with Crippen molar-refractivity contribution in [2.45, 2.75) is 25.0 Å². The van der Waals surface area contributed by atoms with Crippen molar-refractivity contribution in [2.24, 2.45) is 0 Å². The van der Waals surface area contributed by atoms with E-state index in [-0.39, 0.29) is 30.8 Å². The maximum absolute atomic E-state index is 12.7. The SMILES string of the molecule is Cl.O=C1N[C@@H](c2ccc(OC(F)(F)C(F)F)cc2)CCO1. The van der Waals surface area contributed by atoms with Crippen molar-refractivity contribution in [3.05, 3.63) is 29.8 Å². The molecule has 1 heterocycles. The van der Waals surface area contributed by atoms with E-state index in [1.54, 1.807) is 0 Å². The normalized spacial score (nSPS) is 18.5. The molecular formula is C12H12ClF4NO3. The van der Waals surface area contributed by atoms with Crippen LogP contribution in [-0.2, 0) is 4.74 Å². The van der Waals surface area contributed by atoms with Crippen molar-refractivity contribution in [3.63, 3.8) is 0 Å². The predicted octanol–water partition coefficient (Wildman–Crippen LogP) is 3.52. The van der Waals surface area contributed by atoms with E-state index < -0.39 is 18.6 Å². The highest BCUT2D eigenvalue weighted by Crippen LogP contribution is 2.29. The first-order valence-corrected chi connectivity index (χ1v) is 5.77. The maximum Gasteiger partial charge on any atom is 0.461 e. The highest BCUT2D eigenvalue weighted by atomic mass is 35.5. The summed E-state index contributed by atoms with van der Waals surface area (Å²) in [5.74, 6) is -0.377. The summed E-state index contributed by atoms with van der Waals surface area (Å²) in [7, 11) is 0. The molecule has 0 saturated carbocycles. The standard InChI is InChI=1S/C12H11F4NO3.ClH/c13-10(14)12(15,16)20-8-3-1-7(2-4-8)9-5-6-19-11(18)17-9;/h1-4,9-10H,5-6H2,(H,17,18);1H/t9-;/m1./s1. The van der Waals surface area contributed by atoms with Gasteiger partial charge in [-0.15, -0.1) is 12.4 Å². The van der Waals surface area contributed by atoms with Gasteiger partial charge < -0.3 is 14.8 Å². The second-order valence-corrected chi connectivity index (χ2v) is 4.16. The molecule has 1 fully saturated rings. The van der Waals surface area contributed by atoms with Gasteiger partial charge in [-0.2, -0.15) is 17.6 Å². The van der Waals surface area contributed by atoms with E-state index in [1.807, 2.05) is 0 Å². The van der Waals surface area contributed by atoms with Crippen LogP contribution in [-0.4, -0.2) is 25.2 Å². The zero-order chi connectivity index (χ0) is 14.8. The van der Waals surface area contributed by atoms with Crippen molar-refractivity contribution >= 4 is 18.5 Å². The van der Waals surface area contributed by atoms with Gasteiger partial charge in [-0.05, 0) is 17.7 Å². The number of ether oxygens (including phenoxy) is 2. The number of hydrogen-bond donors (Lipinski definition) is 1. The Bertz CT molecular complexity index is 484. The second kappa shape index (κ2) is 6.84. The number of alkyl halides is 4. The largest absolute Gasteiger partial charge is 0.461 e. The summed E-state index contributed by atoms with van der Waals surface area (Å²) in [6.07, 6.45) is -8.48. The molecule has 1 atom stereocenters. The van der Waals surface area contributed by atoms with E-state index in [0.29, 0.717) is 12.0 Å². The van der Waals surface area contributed by atoms with Crippen LogP contribution >= 0.6 is 12.4 Å². The van der Waals surface area contributed by atoms with Gasteiger partial charge in [-0.25, -0.2) is 4.79 Å². The van der Waals surface area contributed by atoms with Crippen LogP contribution in [0.3, 0.4) is 0 Å². The Morgan fingerprint density at radius 2 is 1.90 bits per heavy atom. The summed E-state index contributed by atoms with van der Waals surface area (Å²) in [5.41, 5.74) is 0.648. The lowest BCUT2D eigenvalue weighted by Crippen LogP contribution is -2.35. The summed E-state index contributed by atoms with van der Waals surface area (Å²) in [6.45, 7) is 0.248. The second-order valence-electron chi connectivity index (χ2n) is 4.16. The molecule has 1 saturated heterocycles. The first-order valence-electron chi connectivity index (χ1n) is 5.77. The number of nitrogens with one attached hydrogen (secondary N) is 1. The molecule has 1 aromatic rings. The van der Waals surface area contributed by atoms with Crippen molar-refractivity contribution in [1.29, 1.82) is 0 Å². The number of halogens is 5. The van der Waals surface area contributed by atoms with Gasteiger partial charge in [0.25, 0.3) is 0 Å². The summed E-state index contributed by atoms with van der Waals surface area (Å²) < 4.78 is 58.0. The van der Waals surface area contributed by atoms with E-state index in [2.05, 4.69) is 14.8 Å². The molecule has 21 heavy (non-hydrogen) atoms. The van der Waals surface area contributed by atoms with Gasteiger partial charge >= 0.3 is 18.6 Å². The van der Waals surface area contributed by atoms with Crippen molar-refractivity contribution in [2.75, 3.05) is 6.61 Å². The molecule has 0 aromatic heterocycles. The van der Waals surface area contributed by atoms with Gasteiger partial charge in [-0.1, -0.05) is 12.1 Å². The topological polar surface area (TPSA) is 47.6 Å². The van der Waals surface area contributed by atoms with Crippen LogP contribution in [0.4, 0.5) is 22.4 Å². The summed E-state index contributed by atoms with van der Waals surface area (Å²) >= 11 is 0. The molecule has 0 radical (unpaired) electrons. The number of carbonyl (C=O) groups is 1. The Kier molecular flexibility index (Phi) is 5.65. The number of alkyl carbamates (subject to hydrolysis) is 1. The van der Waals surface area contributed by atoms with Gasteiger partial charge in [0.2, 0.25) is 0 Å². The van der Waals surface area contributed by atoms with Crippen molar-refractivity contribution in [3.8, 4) is 5.75 Å². The van der Waals surface area contributed by atoms with Gasteiger partial charge in [0.05, 0.1) is 12.6 Å². The zero-order valence-electron chi connectivity index (χ0n) is 10.5. The van der Waals surface area contributed by atoms with Crippen LogP contribution < -0.4 is 10.1 Å². The van der Waals surface area contributed by atoms with Gasteiger partial charge in [0.1, 0.15) is 5.75 Å². The Morgan fingerprint density at radius 3 is 2.43 bits per heavy atom. The van der Waals surface area contributed by atoms with E-state index in [4.69, 9.17) is 0 Å². The average molecular weight is 330 g/mol. The zero-order valence-corrected chi connectivity index (χ0v) is 11.3. The molecule has 2 rings (SSSR count). The first kappa shape index (κ1) is 17.4. The minimum absolute atomic E-state index is 0. The molecular weight excluding hydrogens is 318 g/mol. The molecule has 4 nitrogen and oxygen atoms in total. The monoisotopic (exact) mass is 329 g/mol. The smallest absolute Gasteiger partial charge is 0.449 e. The van der Waals surface area contributed by atoms with Crippen LogP contribution in [0.2, 0.25) is 0 Å². The van der Waals surface area contributed by atoms with Crippen LogP contribution in [0.5, 0.6) is 5.75 Å². The third-order valence-corrected chi connectivity index (χ3v) is 2.72. The summed E-state index contributed by atoms with van der Waals surface area (Å²) in [4.78, 5) is 11.0. The fraction of sp³-hybridized carbons (Fsp3) is 0.417. The van der Waals surface area contributed by atoms with Gasteiger partial charge in [0, 0.05) is 6.42 Å². The molecule has 0 bridgehead atoms. The van der Waals surface area contributed by atoms with E-state index in [0.717, 1.165) is 12.1 Å². The van der Waals surface area contributed by atoms with E-state index in [9.17, 15) is 22.4 Å². The molecule has 1 N–H and O–H groups in total. The van der Waals surface area contributed by atoms with E-state index in [1.165, 1.54) is 12.1 Å². The van der Waals surface area contributed by atoms with Crippen LogP contribution in [0, 0.1) is 0 Å². The molecule has 0 unspecified atom stereocenters. The number of cyclic esters (lactones) is 1. The number of hydrogen-bond acceptors (Lipinski definition) is 3. The quantitative estimate of drug-likeness (QED) is 0.860. The predicted molar refractivity (Wildman–Crippen MR) is 67.1 cm³/mol. The molecule has 9 heteroatoms. The van der Waals surface area contributed by atoms with Crippen molar-refractivity contribution < 1.29 is 31.8 Å². The van der Waals surface area contributed by atoms with Crippen LogP contribution in [0.15, 0.2) is 24.3 Å². The lowest BCUT2D eigenvalue weighted by Gasteiger charge is -2.24. The number of carbonyl (C=O) groups excluding carboxylic acids is 1. The molecule has 1 aliphatic rings. The number of rotatable bonds is 4. The Balaban J connectivity index is 0.00000220. The molecule has 0 spiro atoms. The third kappa shape index (κ3) is 4.38. The summed E-state index contributed by atoms with van der Waals surface area (Å²) in [5, 5.41) is 2.55.